The zero-order chi connectivity index (χ0) is 13.6. The number of hydrogen-bond donors (Lipinski definition) is 1. The van der Waals surface area contributed by atoms with E-state index in [0.29, 0.717) is 18.6 Å². The molecule has 1 aliphatic carbocycles. The van der Waals surface area contributed by atoms with Crippen LogP contribution in [-0.4, -0.2) is 11.5 Å². The zero-order valence-corrected chi connectivity index (χ0v) is 11.6. The van der Waals surface area contributed by atoms with Crippen LogP contribution in [0.3, 0.4) is 0 Å². The number of aliphatic imine (C=N–C) groups is 1. The van der Waals surface area contributed by atoms with E-state index in [1.54, 1.807) is 0 Å². The van der Waals surface area contributed by atoms with Gasteiger partial charge in [0.05, 0.1) is 11.4 Å². The molecule has 0 unspecified atom stereocenters. The summed E-state index contributed by atoms with van der Waals surface area (Å²) in [6.07, 6.45) is 1.20. The number of para-hydroxylation sites is 2. The van der Waals surface area contributed by atoms with Gasteiger partial charge in [-0.2, -0.15) is 0 Å². The third-order valence-electron chi connectivity index (χ3n) is 3.98. The van der Waals surface area contributed by atoms with Crippen LogP contribution < -0.4 is 5.32 Å². The summed E-state index contributed by atoms with van der Waals surface area (Å²) in [4.78, 5) is 17.0. The summed E-state index contributed by atoms with van der Waals surface area (Å²) in [5, 5.41) is 3.38. The Hall–Kier alpha value is -1.90. The van der Waals surface area contributed by atoms with Crippen LogP contribution in [0.25, 0.3) is 0 Å². The van der Waals surface area contributed by atoms with Gasteiger partial charge in [0.15, 0.2) is 0 Å². The number of nitrogens with zero attached hydrogens (tertiary/aromatic N) is 1. The predicted molar refractivity (Wildman–Crippen MR) is 77.9 cm³/mol. The second kappa shape index (κ2) is 4.05. The predicted octanol–water partition coefficient (Wildman–Crippen LogP) is 3.85. The molecule has 2 aliphatic rings. The molecule has 3 rings (SSSR count). The number of hydrogen-bond acceptors (Lipinski definition) is 3. The van der Waals surface area contributed by atoms with E-state index in [9.17, 15) is 4.79 Å². The molecular formula is C16H18N2O. The molecule has 1 heterocycles. The lowest BCUT2D eigenvalue weighted by atomic mass is 9.73. The molecule has 19 heavy (non-hydrogen) atoms. The Morgan fingerprint density at radius 1 is 1.26 bits per heavy atom. The van der Waals surface area contributed by atoms with Crippen LogP contribution in [0, 0.1) is 5.41 Å². The van der Waals surface area contributed by atoms with E-state index in [4.69, 9.17) is 4.99 Å². The Morgan fingerprint density at radius 3 is 2.79 bits per heavy atom. The first-order valence-corrected chi connectivity index (χ1v) is 6.64. The van der Waals surface area contributed by atoms with Gasteiger partial charge < -0.3 is 5.32 Å². The third kappa shape index (κ3) is 1.99. The maximum atomic E-state index is 12.2. The summed E-state index contributed by atoms with van der Waals surface area (Å²) in [5.41, 5.74) is 4.84. The average Bonchev–Trinajstić information content (AvgIpc) is 2.47. The van der Waals surface area contributed by atoms with Gasteiger partial charge >= 0.3 is 0 Å². The molecule has 1 aromatic rings. The first kappa shape index (κ1) is 12.2. The Morgan fingerprint density at radius 2 is 2.00 bits per heavy atom. The van der Waals surface area contributed by atoms with Crippen molar-refractivity contribution in [3.05, 3.63) is 35.5 Å². The van der Waals surface area contributed by atoms with Crippen LogP contribution in [0.2, 0.25) is 0 Å². The topological polar surface area (TPSA) is 41.5 Å². The van der Waals surface area contributed by atoms with Crippen molar-refractivity contribution in [3.63, 3.8) is 0 Å². The number of Topliss-reactive ketones (excluding diaryl/α,β-unsaturated/α-hetero) is 1. The van der Waals surface area contributed by atoms with Crippen molar-refractivity contribution < 1.29 is 4.79 Å². The van der Waals surface area contributed by atoms with Crippen LogP contribution in [0.15, 0.2) is 40.5 Å². The van der Waals surface area contributed by atoms with Gasteiger partial charge in [-0.3, -0.25) is 9.79 Å². The van der Waals surface area contributed by atoms with Crippen molar-refractivity contribution in [2.24, 2.45) is 10.4 Å². The van der Waals surface area contributed by atoms with Gasteiger partial charge in [-0.15, -0.1) is 0 Å². The Kier molecular flexibility index (Phi) is 2.59. The van der Waals surface area contributed by atoms with E-state index in [2.05, 4.69) is 5.32 Å². The monoisotopic (exact) mass is 254 g/mol. The smallest absolute Gasteiger partial charge is 0.143 e. The molecule has 1 N–H and O–H groups in total. The molecular weight excluding hydrogens is 236 g/mol. The molecule has 0 saturated heterocycles. The van der Waals surface area contributed by atoms with Crippen molar-refractivity contribution in [1.82, 2.24) is 0 Å². The molecule has 1 aliphatic heterocycles. The Labute approximate surface area is 113 Å². The van der Waals surface area contributed by atoms with E-state index < -0.39 is 0 Å². The molecule has 0 amide bonds. The lowest BCUT2D eigenvalue weighted by Gasteiger charge is -2.31. The van der Waals surface area contributed by atoms with Crippen molar-refractivity contribution in [1.29, 1.82) is 0 Å². The van der Waals surface area contributed by atoms with E-state index in [-0.39, 0.29) is 5.41 Å². The minimum atomic E-state index is -0.304. The number of carbonyl (C=O) groups excluding carboxylic acids is 1. The number of benzene rings is 1. The lowest BCUT2D eigenvalue weighted by Crippen LogP contribution is -2.34. The molecule has 0 bridgehead atoms. The number of allylic oxidation sites excluding steroid dienone is 2. The number of fused-ring (bicyclic) bond motifs is 2. The molecule has 0 aromatic heterocycles. The lowest BCUT2D eigenvalue weighted by molar-refractivity contribution is -0.126. The summed E-state index contributed by atoms with van der Waals surface area (Å²) >= 11 is 0. The number of rotatable bonds is 0. The van der Waals surface area contributed by atoms with Crippen molar-refractivity contribution >= 4 is 22.9 Å². The number of carbonyl (C=O) groups is 1. The molecule has 0 atom stereocenters. The standard InChI is InChI=1S/C16H18N2O/c1-10-11-8-15(19)16(2,3)9-14(11)18-13-7-5-4-6-12(13)17-10/h4-7,17H,8-9H2,1-3H3. The van der Waals surface area contributed by atoms with Gasteiger partial charge in [-0.1, -0.05) is 26.0 Å². The first-order chi connectivity index (χ1) is 8.97. The average molecular weight is 254 g/mol. The fourth-order valence-corrected chi connectivity index (χ4v) is 2.68. The largest absolute Gasteiger partial charge is 0.357 e. The molecule has 98 valence electrons. The minimum absolute atomic E-state index is 0.300. The van der Waals surface area contributed by atoms with Crippen molar-refractivity contribution in [3.8, 4) is 0 Å². The Bertz CT molecular complexity index is 623. The number of nitrogens with one attached hydrogen (secondary N) is 1. The molecule has 3 nitrogen and oxygen atoms in total. The van der Waals surface area contributed by atoms with Crippen LogP contribution in [0.1, 0.15) is 33.6 Å². The highest BCUT2D eigenvalue weighted by molar-refractivity contribution is 6.13. The second-order valence-corrected chi connectivity index (χ2v) is 5.96. The first-order valence-electron chi connectivity index (χ1n) is 6.64. The van der Waals surface area contributed by atoms with E-state index in [1.165, 1.54) is 0 Å². The van der Waals surface area contributed by atoms with E-state index in [0.717, 1.165) is 28.4 Å². The molecule has 1 aromatic carbocycles. The minimum Gasteiger partial charge on any atom is -0.357 e. The summed E-state index contributed by atoms with van der Waals surface area (Å²) in [6, 6.07) is 8.01. The quantitative estimate of drug-likeness (QED) is 0.764. The molecule has 1 fully saturated rings. The maximum Gasteiger partial charge on any atom is 0.143 e. The molecule has 0 spiro atoms. The van der Waals surface area contributed by atoms with Gasteiger partial charge in [0.1, 0.15) is 5.78 Å². The Balaban J connectivity index is 2.14. The summed E-state index contributed by atoms with van der Waals surface area (Å²) in [7, 11) is 0. The summed E-state index contributed by atoms with van der Waals surface area (Å²) in [5.74, 6) is 0.300. The van der Waals surface area contributed by atoms with Crippen LogP contribution >= 0.6 is 0 Å². The van der Waals surface area contributed by atoms with Gasteiger partial charge in [-0.05, 0) is 24.6 Å². The zero-order valence-electron chi connectivity index (χ0n) is 11.6. The van der Waals surface area contributed by atoms with Crippen molar-refractivity contribution in [2.75, 3.05) is 5.32 Å². The van der Waals surface area contributed by atoms with E-state index in [1.807, 2.05) is 45.0 Å². The molecule has 3 heteroatoms. The maximum absolute atomic E-state index is 12.2. The third-order valence-corrected chi connectivity index (χ3v) is 3.98. The fraction of sp³-hybridized carbons (Fsp3) is 0.375. The molecule has 0 radical (unpaired) electrons. The van der Waals surface area contributed by atoms with Gasteiger partial charge in [-0.25, -0.2) is 0 Å². The SMILES string of the molecule is CC1=C2CC(=O)C(C)(C)CC2=Nc2ccccc2N1. The number of ketones is 1. The van der Waals surface area contributed by atoms with E-state index >= 15 is 0 Å². The highest BCUT2D eigenvalue weighted by atomic mass is 16.1. The van der Waals surface area contributed by atoms with Crippen molar-refractivity contribution in [2.45, 2.75) is 33.6 Å². The summed E-state index contributed by atoms with van der Waals surface area (Å²) < 4.78 is 0. The van der Waals surface area contributed by atoms with Gasteiger partial charge in [0.2, 0.25) is 0 Å². The van der Waals surface area contributed by atoms with Gasteiger partial charge in [0, 0.05) is 29.7 Å². The fourth-order valence-electron chi connectivity index (χ4n) is 2.68. The highest BCUT2D eigenvalue weighted by Gasteiger charge is 2.37. The van der Waals surface area contributed by atoms with Gasteiger partial charge in [0.25, 0.3) is 0 Å². The summed E-state index contributed by atoms with van der Waals surface area (Å²) in [6.45, 7) is 6.04. The van der Waals surface area contributed by atoms with Crippen LogP contribution in [0.4, 0.5) is 11.4 Å². The highest BCUT2D eigenvalue weighted by Crippen LogP contribution is 2.39. The van der Waals surface area contributed by atoms with Crippen LogP contribution in [-0.2, 0) is 4.79 Å². The molecule has 1 saturated carbocycles. The number of anilines is 1. The van der Waals surface area contributed by atoms with Crippen LogP contribution in [0.5, 0.6) is 0 Å². The normalized spacial score (nSPS) is 21.0. The second-order valence-electron chi connectivity index (χ2n) is 5.96.